The third kappa shape index (κ3) is 3.99. The summed E-state index contributed by atoms with van der Waals surface area (Å²) in [5, 5.41) is 5.90. The van der Waals surface area contributed by atoms with Crippen molar-refractivity contribution in [2.24, 2.45) is 0 Å². The molecule has 4 heterocycles. The summed E-state index contributed by atoms with van der Waals surface area (Å²) < 4.78 is 0. The van der Waals surface area contributed by atoms with Gasteiger partial charge >= 0.3 is 0 Å². The van der Waals surface area contributed by atoms with Gasteiger partial charge in [-0.1, -0.05) is 12.8 Å². The summed E-state index contributed by atoms with van der Waals surface area (Å²) in [7, 11) is 0. The maximum atomic E-state index is 13.0. The Morgan fingerprint density at radius 1 is 1.03 bits per heavy atom. The van der Waals surface area contributed by atoms with Gasteiger partial charge in [0.15, 0.2) is 0 Å². The maximum Gasteiger partial charge on any atom is 0.253 e. The number of carbonyl (C=O) groups is 2. The highest BCUT2D eigenvalue weighted by Crippen LogP contribution is 2.46. The lowest BCUT2D eigenvalue weighted by Gasteiger charge is -2.38. The number of benzene rings is 1. The van der Waals surface area contributed by atoms with Crippen LogP contribution in [0.5, 0.6) is 0 Å². The van der Waals surface area contributed by atoms with E-state index in [4.69, 9.17) is 4.98 Å². The monoisotopic (exact) mass is 489 g/mol. The molecule has 1 saturated carbocycles. The first-order chi connectivity index (χ1) is 17.4. The zero-order valence-electron chi connectivity index (χ0n) is 21.2. The van der Waals surface area contributed by atoms with Gasteiger partial charge in [0.1, 0.15) is 11.4 Å². The van der Waals surface area contributed by atoms with Gasteiger partial charge in [-0.05, 0) is 51.0 Å². The molecule has 9 nitrogen and oxygen atoms in total. The van der Waals surface area contributed by atoms with Gasteiger partial charge in [0.25, 0.3) is 5.91 Å². The van der Waals surface area contributed by atoms with E-state index < -0.39 is 5.54 Å². The Kier molecular flexibility index (Phi) is 5.82. The van der Waals surface area contributed by atoms with Crippen LogP contribution in [0.25, 0.3) is 0 Å². The summed E-state index contributed by atoms with van der Waals surface area (Å²) in [5.41, 5.74) is 2.23. The van der Waals surface area contributed by atoms with Crippen LogP contribution in [0.2, 0.25) is 0 Å². The lowest BCUT2D eigenvalue weighted by atomic mass is 9.91. The summed E-state index contributed by atoms with van der Waals surface area (Å²) in [6.45, 7) is 8.76. The van der Waals surface area contributed by atoms with Crippen molar-refractivity contribution >= 4 is 35.0 Å². The molecule has 36 heavy (non-hydrogen) atoms. The predicted octanol–water partition coefficient (Wildman–Crippen LogP) is 2.84. The number of nitrogens with zero attached hydrogens (tertiary/aromatic N) is 5. The van der Waals surface area contributed by atoms with Gasteiger partial charge in [-0.15, -0.1) is 0 Å². The Hall–Kier alpha value is -3.20. The summed E-state index contributed by atoms with van der Waals surface area (Å²) in [4.78, 5) is 41.7. The van der Waals surface area contributed by atoms with Gasteiger partial charge in [0.2, 0.25) is 11.9 Å². The van der Waals surface area contributed by atoms with Crippen molar-refractivity contribution in [2.75, 3.05) is 41.3 Å². The third-order valence-corrected chi connectivity index (χ3v) is 8.37. The van der Waals surface area contributed by atoms with Crippen molar-refractivity contribution in [1.29, 1.82) is 0 Å². The number of nitrogens with one attached hydrogen (secondary N) is 2. The van der Waals surface area contributed by atoms with Gasteiger partial charge in [0.05, 0.1) is 6.42 Å². The predicted molar refractivity (Wildman–Crippen MR) is 140 cm³/mol. The fraction of sp³-hybridized carbons (Fsp3) is 0.556. The first-order valence-corrected chi connectivity index (χ1v) is 13.3. The molecule has 0 bridgehead atoms. The summed E-state index contributed by atoms with van der Waals surface area (Å²) in [6, 6.07) is 9.25. The molecule has 190 valence electrons. The fourth-order valence-corrected chi connectivity index (χ4v) is 6.43. The molecule has 2 amide bonds. The van der Waals surface area contributed by atoms with Crippen molar-refractivity contribution in [3.63, 3.8) is 0 Å². The lowest BCUT2D eigenvalue weighted by molar-refractivity contribution is -0.126. The van der Waals surface area contributed by atoms with Crippen LogP contribution < -0.4 is 20.4 Å². The SMILES string of the molecule is CC(C)N1CCN(c2ccc(Nc3ncc4c(n3)N(C3CCCC3)C3(CC(=O)NC3=O)C4)cc2)CC1. The average Bonchev–Trinajstić information content (AvgIpc) is 3.57. The second-order valence-corrected chi connectivity index (χ2v) is 10.9. The fourth-order valence-electron chi connectivity index (χ4n) is 6.43. The highest BCUT2D eigenvalue weighted by atomic mass is 16.2. The topological polar surface area (TPSA) is 93.7 Å². The lowest BCUT2D eigenvalue weighted by Crippen LogP contribution is -2.56. The van der Waals surface area contributed by atoms with Crippen LogP contribution in [-0.2, 0) is 16.0 Å². The van der Waals surface area contributed by atoms with Crippen LogP contribution in [0.1, 0.15) is 51.5 Å². The number of imide groups is 1. The van der Waals surface area contributed by atoms with E-state index >= 15 is 0 Å². The number of hydrogen-bond acceptors (Lipinski definition) is 8. The molecule has 4 aliphatic rings. The van der Waals surface area contributed by atoms with Crippen molar-refractivity contribution in [1.82, 2.24) is 20.2 Å². The van der Waals surface area contributed by atoms with Crippen LogP contribution in [0, 0.1) is 0 Å². The molecule has 1 aromatic heterocycles. The first-order valence-electron chi connectivity index (χ1n) is 13.3. The second-order valence-electron chi connectivity index (χ2n) is 10.9. The molecule has 3 aliphatic heterocycles. The molecule has 9 heteroatoms. The molecular weight excluding hydrogens is 454 g/mol. The minimum atomic E-state index is -0.858. The molecule has 3 fully saturated rings. The number of hydrogen-bond donors (Lipinski definition) is 2. The van der Waals surface area contributed by atoms with Crippen LogP contribution in [0.4, 0.5) is 23.1 Å². The minimum Gasteiger partial charge on any atom is -0.369 e. The van der Waals surface area contributed by atoms with Gasteiger partial charge in [-0.2, -0.15) is 4.98 Å². The van der Waals surface area contributed by atoms with Crippen LogP contribution >= 0.6 is 0 Å². The molecule has 6 rings (SSSR count). The van der Waals surface area contributed by atoms with Crippen molar-refractivity contribution in [3.8, 4) is 0 Å². The summed E-state index contributed by atoms with van der Waals surface area (Å²) in [5.74, 6) is 0.908. The summed E-state index contributed by atoms with van der Waals surface area (Å²) >= 11 is 0. The molecule has 1 aromatic carbocycles. The maximum absolute atomic E-state index is 13.0. The molecular formula is C27H35N7O2. The molecule has 2 saturated heterocycles. The van der Waals surface area contributed by atoms with E-state index in [1.54, 1.807) is 0 Å². The number of anilines is 4. The first kappa shape index (κ1) is 23.2. The summed E-state index contributed by atoms with van der Waals surface area (Å²) in [6.07, 6.45) is 6.79. The number of amides is 2. The molecule has 1 unspecified atom stereocenters. The Labute approximate surface area is 212 Å². The molecule has 0 radical (unpaired) electrons. The number of fused-ring (bicyclic) bond motifs is 1. The van der Waals surface area contributed by atoms with E-state index in [1.807, 2.05) is 6.20 Å². The van der Waals surface area contributed by atoms with E-state index in [0.29, 0.717) is 18.4 Å². The highest BCUT2D eigenvalue weighted by Gasteiger charge is 2.58. The van der Waals surface area contributed by atoms with E-state index in [0.717, 1.165) is 68.9 Å². The highest BCUT2D eigenvalue weighted by molar-refractivity contribution is 6.11. The van der Waals surface area contributed by atoms with Gasteiger partial charge in [0, 0.05) is 67.8 Å². The van der Waals surface area contributed by atoms with Gasteiger partial charge in [-0.25, -0.2) is 4.98 Å². The number of rotatable bonds is 5. The number of aromatic nitrogens is 2. The van der Waals surface area contributed by atoms with Crippen LogP contribution in [0.15, 0.2) is 30.5 Å². The van der Waals surface area contributed by atoms with E-state index in [9.17, 15) is 9.59 Å². The zero-order chi connectivity index (χ0) is 24.9. The Morgan fingerprint density at radius 2 is 1.75 bits per heavy atom. The van der Waals surface area contributed by atoms with Crippen molar-refractivity contribution in [3.05, 3.63) is 36.0 Å². The molecule has 1 atom stereocenters. The molecule has 2 N–H and O–H groups in total. The largest absolute Gasteiger partial charge is 0.369 e. The quantitative estimate of drug-likeness (QED) is 0.620. The van der Waals surface area contributed by atoms with E-state index in [1.165, 1.54) is 5.69 Å². The van der Waals surface area contributed by atoms with Crippen LogP contribution in [0.3, 0.4) is 0 Å². The Morgan fingerprint density at radius 3 is 2.39 bits per heavy atom. The Balaban J connectivity index is 1.20. The van der Waals surface area contributed by atoms with Gasteiger partial charge in [-0.3, -0.25) is 19.8 Å². The van der Waals surface area contributed by atoms with Crippen molar-refractivity contribution in [2.45, 2.75) is 70.0 Å². The average molecular weight is 490 g/mol. The van der Waals surface area contributed by atoms with E-state index in [2.05, 4.69) is 68.4 Å². The van der Waals surface area contributed by atoms with Gasteiger partial charge < -0.3 is 15.1 Å². The number of carbonyl (C=O) groups excluding carboxylic acids is 2. The Bertz CT molecular complexity index is 1150. The smallest absolute Gasteiger partial charge is 0.253 e. The molecule has 2 aromatic rings. The molecule has 1 aliphatic carbocycles. The molecule has 1 spiro atoms. The third-order valence-electron chi connectivity index (χ3n) is 8.37. The second kappa shape index (κ2) is 9.03. The van der Waals surface area contributed by atoms with Crippen LogP contribution in [-0.4, -0.2) is 70.5 Å². The standard InChI is InChI=1S/C27H35N7O2/c1-18(2)32-11-13-33(14-12-32)21-9-7-20(8-10-21)29-26-28-17-19-15-27(16-23(35)30-25(27)36)34(24(19)31-26)22-5-3-4-6-22/h7-10,17-18,22H,3-6,11-16H2,1-2H3,(H,28,29,31)(H,30,35,36). The van der Waals surface area contributed by atoms with Crippen molar-refractivity contribution < 1.29 is 9.59 Å². The zero-order valence-corrected chi connectivity index (χ0v) is 21.2. The number of piperazine rings is 1. The minimum absolute atomic E-state index is 0.189. The normalized spacial score (nSPS) is 24.8. The van der Waals surface area contributed by atoms with E-state index in [-0.39, 0.29) is 24.3 Å².